The van der Waals surface area contributed by atoms with E-state index in [0.29, 0.717) is 12.3 Å². The van der Waals surface area contributed by atoms with Gasteiger partial charge in [0.1, 0.15) is 11.3 Å². The number of carbonyl (C=O) groups excluding carboxylic acids is 1. The van der Waals surface area contributed by atoms with E-state index in [4.69, 9.17) is 9.52 Å². The average Bonchev–Trinajstić information content (AvgIpc) is 2.97. The molecule has 130 valence electrons. The maximum atomic E-state index is 12.5. The standard InChI is InChI=1S/C18H24N2O4/c1-4-9-20(12-18(22)23)11-17(21)19(3)13(2)16-10-14-7-5-6-8-15(14)24-16/h5-8,10,13H,4,9,11-12H2,1-3H3,(H,22,23). The molecule has 0 bridgehead atoms. The molecule has 2 rings (SSSR count). The Hall–Kier alpha value is -2.34. The van der Waals surface area contributed by atoms with Gasteiger partial charge in [-0.3, -0.25) is 14.5 Å². The third-order valence-electron chi connectivity index (χ3n) is 4.09. The summed E-state index contributed by atoms with van der Waals surface area (Å²) in [6, 6.07) is 9.42. The van der Waals surface area contributed by atoms with Gasteiger partial charge in [0.05, 0.1) is 19.1 Å². The number of nitrogens with zero attached hydrogens (tertiary/aromatic N) is 2. The minimum Gasteiger partial charge on any atom is -0.480 e. The van der Waals surface area contributed by atoms with E-state index in [9.17, 15) is 9.59 Å². The molecule has 6 heteroatoms. The number of aliphatic carboxylic acids is 1. The zero-order valence-corrected chi connectivity index (χ0v) is 14.4. The van der Waals surface area contributed by atoms with Crippen LogP contribution in [-0.4, -0.2) is 53.5 Å². The highest BCUT2D eigenvalue weighted by Gasteiger charge is 2.23. The van der Waals surface area contributed by atoms with Gasteiger partial charge in [0.25, 0.3) is 0 Å². The number of benzene rings is 1. The van der Waals surface area contributed by atoms with Crippen molar-refractivity contribution in [3.63, 3.8) is 0 Å². The summed E-state index contributed by atoms with van der Waals surface area (Å²) in [7, 11) is 1.71. The lowest BCUT2D eigenvalue weighted by atomic mass is 10.2. The van der Waals surface area contributed by atoms with E-state index in [1.165, 1.54) is 0 Å². The number of carboxylic acid groups (broad SMARTS) is 1. The number of carbonyl (C=O) groups is 2. The van der Waals surface area contributed by atoms with Crippen LogP contribution in [0.15, 0.2) is 34.7 Å². The maximum Gasteiger partial charge on any atom is 0.317 e. The Balaban J connectivity index is 2.06. The van der Waals surface area contributed by atoms with E-state index in [2.05, 4.69) is 0 Å². The van der Waals surface area contributed by atoms with Crippen LogP contribution in [0, 0.1) is 0 Å². The molecule has 0 aliphatic carbocycles. The minimum absolute atomic E-state index is 0.0845. The average molecular weight is 332 g/mol. The first-order chi connectivity index (χ1) is 11.4. The fourth-order valence-electron chi connectivity index (χ4n) is 2.64. The summed E-state index contributed by atoms with van der Waals surface area (Å²) in [5.74, 6) is -0.339. The largest absolute Gasteiger partial charge is 0.480 e. The van der Waals surface area contributed by atoms with Crippen molar-refractivity contribution in [2.75, 3.05) is 26.7 Å². The Morgan fingerprint density at radius 3 is 2.58 bits per heavy atom. The van der Waals surface area contributed by atoms with Crippen LogP contribution in [-0.2, 0) is 9.59 Å². The number of hydrogen-bond acceptors (Lipinski definition) is 4. The summed E-state index contributed by atoms with van der Waals surface area (Å²) in [4.78, 5) is 26.6. The number of likely N-dealkylation sites (N-methyl/N-ethyl adjacent to an activating group) is 1. The second-order valence-corrected chi connectivity index (χ2v) is 5.97. The van der Waals surface area contributed by atoms with Crippen LogP contribution in [0.2, 0.25) is 0 Å². The van der Waals surface area contributed by atoms with E-state index >= 15 is 0 Å². The van der Waals surface area contributed by atoms with E-state index in [1.807, 2.05) is 44.2 Å². The zero-order chi connectivity index (χ0) is 17.7. The first kappa shape index (κ1) is 18.0. The molecule has 1 unspecified atom stereocenters. The number of furan rings is 1. The topological polar surface area (TPSA) is 74.0 Å². The molecular formula is C18H24N2O4. The molecule has 0 spiro atoms. The lowest BCUT2D eigenvalue weighted by Crippen LogP contribution is -2.41. The van der Waals surface area contributed by atoms with E-state index in [0.717, 1.165) is 17.4 Å². The fraction of sp³-hybridized carbons (Fsp3) is 0.444. The van der Waals surface area contributed by atoms with Crippen molar-refractivity contribution in [2.45, 2.75) is 26.3 Å². The Morgan fingerprint density at radius 1 is 1.25 bits per heavy atom. The lowest BCUT2D eigenvalue weighted by molar-refractivity contribution is -0.140. The zero-order valence-electron chi connectivity index (χ0n) is 14.4. The Labute approximate surface area is 141 Å². The van der Waals surface area contributed by atoms with E-state index in [-0.39, 0.29) is 25.0 Å². The Morgan fingerprint density at radius 2 is 1.96 bits per heavy atom. The van der Waals surface area contributed by atoms with Crippen LogP contribution < -0.4 is 0 Å². The van der Waals surface area contributed by atoms with Crippen LogP contribution in [0.5, 0.6) is 0 Å². The quantitative estimate of drug-likeness (QED) is 0.804. The summed E-state index contributed by atoms with van der Waals surface area (Å²) in [6.07, 6.45) is 0.795. The molecule has 0 aliphatic heterocycles. The Kier molecular flexibility index (Phi) is 5.98. The molecule has 0 saturated heterocycles. The van der Waals surface area contributed by atoms with Gasteiger partial charge >= 0.3 is 5.97 Å². The predicted molar refractivity (Wildman–Crippen MR) is 91.8 cm³/mol. The van der Waals surface area contributed by atoms with E-state index in [1.54, 1.807) is 16.8 Å². The van der Waals surface area contributed by atoms with Crippen molar-refractivity contribution in [1.82, 2.24) is 9.80 Å². The van der Waals surface area contributed by atoms with Gasteiger partial charge in [-0.2, -0.15) is 0 Å². The molecule has 0 radical (unpaired) electrons. The number of rotatable bonds is 8. The molecule has 1 atom stereocenters. The van der Waals surface area contributed by atoms with Crippen LogP contribution >= 0.6 is 0 Å². The molecule has 6 nitrogen and oxygen atoms in total. The van der Waals surface area contributed by atoms with Crippen molar-refractivity contribution in [2.24, 2.45) is 0 Å². The first-order valence-electron chi connectivity index (χ1n) is 8.10. The van der Waals surface area contributed by atoms with Gasteiger partial charge < -0.3 is 14.4 Å². The van der Waals surface area contributed by atoms with Crippen LogP contribution in [0.4, 0.5) is 0 Å². The van der Waals surface area contributed by atoms with E-state index < -0.39 is 5.97 Å². The summed E-state index contributed by atoms with van der Waals surface area (Å²) in [5.41, 5.74) is 0.790. The SMILES string of the molecule is CCCN(CC(=O)O)CC(=O)N(C)C(C)c1cc2ccccc2o1. The lowest BCUT2D eigenvalue weighted by Gasteiger charge is -2.27. The highest BCUT2D eigenvalue weighted by molar-refractivity contribution is 5.80. The van der Waals surface area contributed by atoms with Gasteiger partial charge in [-0.1, -0.05) is 25.1 Å². The van der Waals surface area contributed by atoms with Crippen molar-refractivity contribution < 1.29 is 19.1 Å². The number of carboxylic acids is 1. The van der Waals surface area contributed by atoms with Gasteiger partial charge in [-0.05, 0) is 32.0 Å². The number of fused-ring (bicyclic) bond motifs is 1. The minimum atomic E-state index is -0.927. The maximum absolute atomic E-state index is 12.5. The molecule has 1 amide bonds. The highest BCUT2D eigenvalue weighted by Crippen LogP contribution is 2.26. The number of amides is 1. The molecule has 1 heterocycles. The molecule has 0 fully saturated rings. The van der Waals surface area contributed by atoms with Gasteiger partial charge in [0.2, 0.25) is 5.91 Å². The molecule has 1 aromatic heterocycles. The molecular weight excluding hydrogens is 308 g/mol. The third kappa shape index (κ3) is 4.35. The first-order valence-corrected chi connectivity index (χ1v) is 8.10. The van der Waals surface area contributed by atoms with Crippen LogP contribution in [0.25, 0.3) is 11.0 Å². The summed E-state index contributed by atoms with van der Waals surface area (Å²) >= 11 is 0. The monoisotopic (exact) mass is 332 g/mol. The molecule has 2 aromatic rings. The van der Waals surface area contributed by atoms with Crippen LogP contribution in [0.3, 0.4) is 0 Å². The van der Waals surface area contributed by atoms with Crippen molar-refractivity contribution >= 4 is 22.8 Å². The predicted octanol–water partition coefficient (Wildman–Crippen LogP) is 2.75. The summed E-state index contributed by atoms with van der Waals surface area (Å²) < 4.78 is 5.82. The van der Waals surface area contributed by atoms with Gasteiger partial charge in [0, 0.05) is 12.4 Å². The molecule has 0 aliphatic rings. The second-order valence-electron chi connectivity index (χ2n) is 5.97. The van der Waals surface area contributed by atoms with Crippen molar-refractivity contribution in [3.05, 3.63) is 36.1 Å². The summed E-state index contributed by atoms with van der Waals surface area (Å²) in [6.45, 7) is 4.38. The molecule has 1 N–H and O–H groups in total. The fourth-order valence-corrected chi connectivity index (χ4v) is 2.64. The van der Waals surface area contributed by atoms with Crippen molar-refractivity contribution in [3.8, 4) is 0 Å². The van der Waals surface area contributed by atoms with Gasteiger partial charge in [-0.15, -0.1) is 0 Å². The van der Waals surface area contributed by atoms with Crippen molar-refractivity contribution in [1.29, 1.82) is 0 Å². The molecule has 24 heavy (non-hydrogen) atoms. The molecule has 0 saturated carbocycles. The molecule has 1 aromatic carbocycles. The summed E-state index contributed by atoms with van der Waals surface area (Å²) in [5, 5.41) is 9.95. The normalized spacial score (nSPS) is 12.5. The number of para-hydroxylation sites is 1. The smallest absolute Gasteiger partial charge is 0.317 e. The van der Waals surface area contributed by atoms with Gasteiger partial charge in [-0.25, -0.2) is 0 Å². The Bertz CT molecular complexity index is 677. The highest BCUT2D eigenvalue weighted by atomic mass is 16.4. The second kappa shape index (κ2) is 7.97. The van der Waals surface area contributed by atoms with Crippen LogP contribution in [0.1, 0.15) is 32.1 Å². The third-order valence-corrected chi connectivity index (χ3v) is 4.09. The van der Waals surface area contributed by atoms with Gasteiger partial charge in [0.15, 0.2) is 0 Å². The number of hydrogen-bond donors (Lipinski definition) is 1.